The molecule has 0 spiro atoms. The summed E-state index contributed by atoms with van der Waals surface area (Å²) >= 11 is 0. The standard InChI is InChI=1S/C30H36N6O6/c1-19(2)17-41-29(39)24-6-8-30(9-10-31,18-42-24)36-23-7-11-32-27(37)25(23)26(34-36)33-21-4-5-22(20(3)16-21)28(38)35-12-14-40-15-13-35/h4-5,7,11,16,19,24H,6,8-9,12-15,17-18H2,1-3H3,(H,32,37)(H,33,34)/t24?,30-/m0/s1. The van der Waals surface area contributed by atoms with E-state index in [1.54, 1.807) is 34.0 Å². The Labute approximate surface area is 243 Å². The molecule has 0 bridgehead atoms. The van der Waals surface area contributed by atoms with E-state index in [1.807, 2.05) is 26.8 Å². The van der Waals surface area contributed by atoms with E-state index in [9.17, 15) is 19.6 Å². The first-order valence-corrected chi connectivity index (χ1v) is 14.2. The number of rotatable bonds is 8. The fourth-order valence-corrected chi connectivity index (χ4v) is 5.45. The highest BCUT2D eigenvalue weighted by Gasteiger charge is 2.42. The Morgan fingerprint density at radius 1 is 1.29 bits per heavy atom. The number of morpholine rings is 1. The molecule has 2 aliphatic heterocycles. The molecule has 0 aliphatic carbocycles. The zero-order chi connectivity index (χ0) is 29.9. The van der Waals surface area contributed by atoms with Crippen molar-refractivity contribution in [3.63, 3.8) is 0 Å². The van der Waals surface area contributed by atoms with Gasteiger partial charge in [-0.15, -0.1) is 0 Å². The molecule has 0 radical (unpaired) electrons. The summed E-state index contributed by atoms with van der Waals surface area (Å²) in [6, 6.07) is 9.38. The normalized spacial score (nSPS) is 20.8. The number of hydrogen-bond acceptors (Lipinski definition) is 9. The molecule has 4 heterocycles. The van der Waals surface area contributed by atoms with Gasteiger partial charge in [-0.1, -0.05) is 13.8 Å². The number of benzene rings is 1. The van der Waals surface area contributed by atoms with Crippen molar-refractivity contribution in [2.24, 2.45) is 5.92 Å². The van der Waals surface area contributed by atoms with Crippen molar-refractivity contribution in [2.45, 2.75) is 51.7 Å². The quantitative estimate of drug-likeness (QED) is 0.385. The average Bonchev–Trinajstić information content (AvgIpc) is 3.36. The van der Waals surface area contributed by atoms with E-state index in [2.05, 4.69) is 16.4 Å². The Morgan fingerprint density at radius 2 is 2.07 bits per heavy atom. The number of ether oxygens (including phenoxy) is 3. The number of aryl methyl sites for hydroxylation is 1. The number of aromatic amines is 1. The number of hydrogen-bond donors (Lipinski definition) is 2. The monoisotopic (exact) mass is 576 g/mol. The number of H-pyrrole nitrogens is 1. The first-order valence-electron chi connectivity index (χ1n) is 14.2. The minimum Gasteiger partial charge on any atom is -0.463 e. The van der Waals surface area contributed by atoms with E-state index in [0.717, 1.165) is 5.56 Å². The van der Waals surface area contributed by atoms with E-state index < -0.39 is 17.6 Å². The molecule has 0 saturated carbocycles. The largest absolute Gasteiger partial charge is 0.463 e. The number of anilines is 2. The van der Waals surface area contributed by atoms with Crippen LogP contribution in [-0.2, 0) is 24.5 Å². The third kappa shape index (κ3) is 5.89. The number of aromatic nitrogens is 3. The number of nitriles is 1. The molecular formula is C30H36N6O6. The lowest BCUT2D eigenvalue weighted by Crippen LogP contribution is -2.47. The highest BCUT2D eigenvalue weighted by molar-refractivity contribution is 5.97. The van der Waals surface area contributed by atoms with Crippen LogP contribution in [0.25, 0.3) is 10.9 Å². The van der Waals surface area contributed by atoms with Crippen molar-refractivity contribution >= 4 is 34.3 Å². The molecule has 5 rings (SSSR count). The number of fused-ring (bicyclic) bond motifs is 1. The maximum absolute atomic E-state index is 13.0. The van der Waals surface area contributed by atoms with E-state index in [4.69, 9.17) is 19.3 Å². The van der Waals surface area contributed by atoms with Gasteiger partial charge in [0.2, 0.25) is 0 Å². The Bertz CT molecular complexity index is 1560. The third-order valence-corrected chi connectivity index (χ3v) is 7.73. The second-order valence-electron chi connectivity index (χ2n) is 11.3. The summed E-state index contributed by atoms with van der Waals surface area (Å²) < 4.78 is 18.4. The lowest BCUT2D eigenvalue weighted by atomic mass is 9.87. The summed E-state index contributed by atoms with van der Waals surface area (Å²) in [5.74, 6) is 0.0640. The molecule has 12 heteroatoms. The van der Waals surface area contributed by atoms with Crippen LogP contribution in [0.4, 0.5) is 11.5 Å². The molecule has 12 nitrogen and oxygen atoms in total. The number of esters is 1. The van der Waals surface area contributed by atoms with Gasteiger partial charge in [-0.25, -0.2) is 4.79 Å². The van der Waals surface area contributed by atoms with E-state index in [1.165, 1.54) is 0 Å². The summed E-state index contributed by atoms with van der Waals surface area (Å²) in [6.07, 6.45) is 1.67. The van der Waals surface area contributed by atoms with Gasteiger partial charge in [-0.05, 0) is 55.5 Å². The predicted molar refractivity (Wildman–Crippen MR) is 155 cm³/mol. The smallest absolute Gasteiger partial charge is 0.335 e. The molecule has 2 N–H and O–H groups in total. The van der Waals surface area contributed by atoms with Crippen LogP contribution in [0.3, 0.4) is 0 Å². The van der Waals surface area contributed by atoms with Gasteiger partial charge in [0.25, 0.3) is 11.5 Å². The van der Waals surface area contributed by atoms with Gasteiger partial charge in [-0.2, -0.15) is 10.4 Å². The van der Waals surface area contributed by atoms with Crippen molar-refractivity contribution in [1.29, 1.82) is 5.26 Å². The number of carbonyl (C=O) groups is 2. The van der Waals surface area contributed by atoms with Gasteiger partial charge in [0.1, 0.15) is 5.39 Å². The molecule has 2 aliphatic rings. The molecule has 2 aromatic heterocycles. The van der Waals surface area contributed by atoms with Crippen LogP contribution in [0, 0.1) is 24.2 Å². The Kier molecular flexibility index (Phi) is 8.61. The minimum atomic E-state index is -0.889. The van der Waals surface area contributed by atoms with Gasteiger partial charge in [0.05, 0.1) is 50.0 Å². The van der Waals surface area contributed by atoms with Crippen LogP contribution < -0.4 is 10.9 Å². The highest BCUT2D eigenvalue weighted by Crippen LogP contribution is 2.37. The van der Waals surface area contributed by atoms with Crippen molar-refractivity contribution in [1.82, 2.24) is 19.7 Å². The molecular weight excluding hydrogens is 540 g/mol. The van der Waals surface area contributed by atoms with E-state index >= 15 is 0 Å². The lowest BCUT2D eigenvalue weighted by molar-refractivity contribution is -0.166. The van der Waals surface area contributed by atoms with Crippen LogP contribution in [-0.4, -0.2) is 77.2 Å². The zero-order valence-electron chi connectivity index (χ0n) is 24.1. The molecule has 222 valence electrons. The van der Waals surface area contributed by atoms with Crippen molar-refractivity contribution in [2.75, 3.05) is 44.8 Å². The molecule has 2 atom stereocenters. The van der Waals surface area contributed by atoms with E-state index in [0.29, 0.717) is 73.7 Å². The number of carbonyl (C=O) groups excluding carboxylic acids is 2. The number of nitrogens with zero attached hydrogens (tertiary/aromatic N) is 4. The fraction of sp³-hybridized carbons (Fsp3) is 0.500. The van der Waals surface area contributed by atoms with Crippen molar-refractivity contribution < 1.29 is 23.8 Å². The Morgan fingerprint density at radius 3 is 2.74 bits per heavy atom. The SMILES string of the molecule is Cc1cc(Nc2nn([C@]3(CC#N)CCC(C(=O)OCC(C)C)OC3)c3cc[nH]c(=O)c23)ccc1C(=O)N1CCOCC1. The van der Waals surface area contributed by atoms with Crippen molar-refractivity contribution in [3.05, 3.63) is 51.9 Å². The second-order valence-corrected chi connectivity index (χ2v) is 11.3. The second kappa shape index (κ2) is 12.3. The molecule has 1 unspecified atom stereocenters. The van der Waals surface area contributed by atoms with Crippen LogP contribution in [0.15, 0.2) is 35.3 Å². The maximum atomic E-state index is 13.0. The Hall–Kier alpha value is -4.21. The number of pyridine rings is 1. The van der Waals surface area contributed by atoms with E-state index in [-0.39, 0.29) is 30.4 Å². The van der Waals surface area contributed by atoms with Gasteiger partial charge < -0.3 is 29.4 Å². The number of amides is 1. The third-order valence-electron chi connectivity index (χ3n) is 7.73. The average molecular weight is 577 g/mol. The van der Waals surface area contributed by atoms with Gasteiger partial charge in [0.15, 0.2) is 11.9 Å². The van der Waals surface area contributed by atoms with Crippen LogP contribution >= 0.6 is 0 Å². The summed E-state index contributed by atoms with van der Waals surface area (Å²) in [5.41, 5.74) is 1.35. The van der Waals surface area contributed by atoms with Crippen LogP contribution in [0.2, 0.25) is 0 Å². The topological polar surface area (TPSA) is 152 Å². The molecule has 1 amide bonds. The first kappa shape index (κ1) is 29.3. The summed E-state index contributed by atoms with van der Waals surface area (Å²) in [4.78, 5) is 43.1. The lowest BCUT2D eigenvalue weighted by Gasteiger charge is -2.38. The Balaban J connectivity index is 1.43. The maximum Gasteiger partial charge on any atom is 0.335 e. The summed E-state index contributed by atoms with van der Waals surface area (Å²) in [5, 5.41) is 18.2. The molecule has 2 fully saturated rings. The molecule has 1 aromatic carbocycles. The molecule has 42 heavy (non-hydrogen) atoms. The molecule has 3 aromatic rings. The van der Waals surface area contributed by atoms with Crippen LogP contribution in [0.5, 0.6) is 0 Å². The summed E-state index contributed by atoms with van der Waals surface area (Å²) in [7, 11) is 0. The molecule has 2 saturated heterocycles. The minimum absolute atomic E-state index is 0.0457. The summed E-state index contributed by atoms with van der Waals surface area (Å²) in [6.45, 7) is 8.32. The fourth-order valence-electron chi connectivity index (χ4n) is 5.45. The zero-order valence-corrected chi connectivity index (χ0v) is 24.1. The van der Waals surface area contributed by atoms with Crippen LogP contribution in [0.1, 0.15) is 49.0 Å². The highest BCUT2D eigenvalue weighted by atomic mass is 16.6. The van der Waals surface area contributed by atoms with Gasteiger partial charge in [0, 0.05) is 30.5 Å². The van der Waals surface area contributed by atoms with Gasteiger partial charge in [-0.3, -0.25) is 14.3 Å². The van der Waals surface area contributed by atoms with Crippen molar-refractivity contribution in [3.8, 4) is 6.07 Å². The number of nitrogens with one attached hydrogen (secondary N) is 2. The van der Waals surface area contributed by atoms with Gasteiger partial charge >= 0.3 is 5.97 Å². The first-order chi connectivity index (χ1) is 20.2. The predicted octanol–water partition coefficient (Wildman–Crippen LogP) is 3.24.